The van der Waals surface area contributed by atoms with Crippen molar-refractivity contribution in [3.63, 3.8) is 0 Å². The molecule has 3 nitrogen and oxygen atoms in total. The highest BCUT2D eigenvalue weighted by atomic mass is 35.5. The molecule has 1 aliphatic carbocycles. The third kappa shape index (κ3) is 2.49. The van der Waals surface area contributed by atoms with E-state index in [-0.39, 0.29) is 11.9 Å². The van der Waals surface area contributed by atoms with Gasteiger partial charge < -0.3 is 11.1 Å². The number of hydrogen-bond acceptors (Lipinski definition) is 2. The molecule has 1 atom stereocenters. The van der Waals surface area contributed by atoms with Crippen LogP contribution in [0, 0.1) is 0 Å². The zero-order valence-electron chi connectivity index (χ0n) is 10.9. The van der Waals surface area contributed by atoms with Crippen molar-refractivity contribution in [1.82, 2.24) is 5.32 Å². The van der Waals surface area contributed by atoms with E-state index in [2.05, 4.69) is 5.32 Å². The molecule has 1 amide bonds. The van der Waals surface area contributed by atoms with Gasteiger partial charge in [-0.1, -0.05) is 23.7 Å². The number of nitrogen functional groups attached to an aromatic ring is 1. The van der Waals surface area contributed by atoms with Crippen LogP contribution in [0.2, 0.25) is 5.02 Å². The summed E-state index contributed by atoms with van der Waals surface area (Å²) < 4.78 is 0. The number of fused-ring (bicyclic) bond motifs is 1. The van der Waals surface area contributed by atoms with E-state index < -0.39 is 0 Å². The minimum absolute atomic E-state index is 0.0529. The van der Waals surface area contributed by atoms with Gasteiger partial charge in [0.2, 0.25) is 0 Å². The highest BCUT2D eigenvalue weighted by Gasteiger charge is 2.24. The number of nitrogens with one attached hydrogen (secondary N) is 1. The van der Waals surface area contributed by atoms with Crippen molar-refractivity contribution in [1.29, 1.82) is 0 Å². The maximum absolute atomic E-state index is 12.2. The standard InChI is InChI=1S/C16H15ClN2O/c17-12-3-1-2-11(8-12)16(20)19-15-7-4-10-9-13(18)5-6-14(10)15/h1-3,5-6,8-9,15H,4,7,18H2,(H,19,20). The lowest BCUT2D eigenvalue weighted by molar-refractivity contribution is 0.0936. The minimum atomic E-state index is -0.0952. The molecule has 0 aromatic heterocycles. The molecule has 20 heavy (non-hydrogen) atoms. The fourth-order valence-corrected chi connectivity index (χ4v) is 2.85. The summed E-state index contributed by atoms with van der Waals surface area (Å²) in [4.78, 5) is 12.2. The van der Waals surface area contributed by atoms with Crippen LogP contribution in [-0.2, 0) is 6.42 Å². The maximum atomic E-state index is 12.2. The average Bonchev–Trinajstić information content (AvgIpc) is 2.81. The molecule has 0 fully saturated rings. The van der Waals surface area contributed by atoms with Crippen LogP contribution < -0.4 is 11.1 Å². The van der Waals surface area contributed by atoms with Gasteiger partial charge in [-0.2, -0.15) is 0 Å². The molecule has 2 aromatic rings. The fraction of sp³-hybridized carbons (Fsp3) is 0.188. The molecule has 2 aromatic carbocycles. The molecule has 4 heteroatoms. The van der Waals surface area contributed by atoms with Gasteiger partial charge in [-0.05, 0) is 54.3 Å². The van der Waals surface area contributed by atoms with Crippen molar-refractivity contribution in [3.05, 3.63) is 64.2 Å². The van der Waals surface area contributed by atoms with Crippen molar-refractivity contribution >= 4 is 23.2 Å². The van der Waals surface area contributed by atoms with E-state index in [0.29, 0.717) is 10.6 Å². The third-order valence-electron chi connectivity index (χ3n) is 3.64. The first kappa shape index (κ1) is 13.0. The second kappa shape index (κ2) is 5.17. The lowest BCUT2D eigenvalue weighted by Gasteiger charge is -2.14. The van der Waals surface area contributed by atoms with Gasteiger partial charge in [0, 0.05) is 16.3 Å². The molecule has 0 saturated carbocycles. The smallest absolute Gasteiger partial charge is 0.251 e. The van der Waals surface area contributed by atoms with E-state index in [1.807, 2.05) is 18.2 Å². The topological polar surface area (TPSA) is 55.1 Å². The van der Waals surface area contributed by atoms with Crippen molar-refractivity contribution in [2.24, 2.45) is 0 Å². The number of anilines is 1. The van der Waals surface area contributed by atoms with Gasteiger partial charge in [0.05, 0.1) is 6.04 Å². The first-order chi connectivity index (χ1) is 9.63. The number of halogens is 1. The summed E-state index contributed by atoms with van der Waals surface area (Å²) in [5, 5.41) is 3.63. The molecule has 0 aliphatic heterocycles. The number of amides is 1. The molecular weight excluding hydrogens is 272 g/mol. The summed E-state index contributed by atoms with van der Waals surface area (Å²) in [6, 6.07) is 12.9. The summed E-state index contributed by atoms with van der Waals surface area (Å²) in [5.74, 6) is -0.0952. The number of benzene rings is 2. The number of aryl methyl sites for hydroxylation is 1. The van der Waals surface area contributed by atoms with Crippen LogP contribution in [0.4, 0.5) is 5.69 Å². The Labute approximate surface area is 122 Å². The van der Waals surface area contributed by atoms with E-state index >= 15 is 0 Å². The summed E-state index contributed by atoms with van der Waals surface area (Å²) in [7, 11) is 0. The van der Waals surface area contributed by atoms with Crippen molar-refractivity contribution in [2.75, 3.05) is 5.73 Å². The second-order valence-electron chi connectivity index (χ2n) is 5.03. The van der Waals surface area contributed by atoms with Gasteiger partial charge in [-0.3, -0.25) is 4.79 Å². The molecular formula is C16H15ClN2O. The summed E-state index contributed by atoms with van der Waals surface area (Å²) in [5.41, 5.74) is 9.52. The summed E-state index contributed by atoms with van der Waals surface area (Å²) >= 11 is 5.91. The minimum Gasteiger partial charge on any atom is -0.399 e. The van der Waals surface area contributed by atoms with E-state index in [9.17, 15) is 4.79 Å². The molecule has 1 unspecified atom stereocenters. The van der Waals surface area contributed by atoms with Gasteiger partial charge in [-0.25, -0.2) is 0 Å². The fourth-order valence-electron chi connectivity index (χ4n) is 2.66. The van der Waals surface area contributed by atoms with E-state index in [1.165, 1.54) is 5.56 Å². The average molecular weight is 287 g/mol. The largest absolute Gasteiger partial charge is 0.399 e. The van der Waals surface area contributed by atoms with Crippen molar-refractivity contribution < 1.29 is 4.79 Å². The van der Waals surface area contributed by atoms with Gasteiger partial charge in [0.15, 0.2) is 0 Å². The Kier molecular flexibility index (Phi) is 3.36. The van der Waals surface area contributed by atoms with E-state index in [0.717, 1.165) is 24.1 Å². The molecule has 0 heterocycles. The summed E-state index contributed by atoms with van der Waals surface area (Å²) in [6.07, 6.45) is 1.85. The first-order valence-electron chi connectivity index (χ1n) is 6.58. The number of carbonyl (C=O) groups is 1. The third-order valence-corrected chi connectivity index (χ3v) is 3.87. The number of hydrogen-bond donors (Lipinski definition) is 2. The molecule has 0 spiro atoms. The zero-order chi connectivity index (χ0) is 14.1. The molecule has 3 rings (SSSR count). The van der Waals surface area contributed by atoms with Crippen molar-refractivity contribution in [3.8, 4) is 0 Å². The predicted molar refractivity (Wildman–Crippen MR) is 80.8 cm³/mol. The monoisotopic (exact) mass is 286 g/mol. The zero-order valence-corrected chi connectivity index (χ0v) is 11.7. The molecule has 0 bridgehead atoms. The predicted octanol–water partition coefficient (Wildman–Crippen LogP) is 3.34. The van der Waals surface area contributed by atoms with Crippen LogP contribution in [0.25, 0.3) is 0 Å². The van der Waals surface area contributed by atoms with Crippen molar-refractivity contribution in [2.45, 2.75) is 18.9 Å². The maximum Gasteiger partial charge on any atom is 0.251 e. The number of carbonyl (C=O) groups excluding carboxylic acids is 1. The molecule has 0 radical (unpaired) electrons. The Morgan fingerprint density at radius 1 is 1.25 bits per heavy atom. The van der Waals surface area contributed by atoms with Gasteiger partial charge >= 0.3 is 0 Å². The Morgan fingerprint density at radius 2 is 2.10 bits per heavy atom. The lowest BCUT2D eigenvalue weighted by atomic mass is 10.1. The van der Waals surface area contributed by atoms with Crippen LogP contribution in [0.15, 0.2) is 42.5 Å². The van der Waals surface area contributed by atoms with Crippen LogP contribution in [0.1, 0.15) is 33.9 Å². The quantitative estimate of drug-likeness (QED) is 0.832. The van der Waals surface area contributed by atoms with Crippen LogP contribution in [-0.4, -0.2) is 5.91 Å². The highest BCUT2D eigenvalue weighted by Crippen LogP contribution is 2.32. The lowest BCUT2D eigenvalue weighted by Crippen LogP contribution is -2.27. The second-order valence-corrected chi connectivity index (χ2v) is 5.47. The van der Waals surface area contributed by atoms with E-state index in [4.69, 9.17) is 17.3 Å². The van der Waals surface area contributed by atoms with Gasteiger partial charge in [-0.15, -0.1) is 0 Å². The SMILES string of the molecule is Nc1ccc2c(c1)CCC2NC(=O)c1cccc(Cl)c1. The van der Waals surface area contributed by atoms with Crippen LogP contribution in [0.5, 0.6) is 0 Å². The van der Waals surface area contributed by atoms with Gasteiger partial charge in [0.25, 0.3) is 5.91 Å². The molecule has 102 valence electrons. The first-order valence-corrected chi connectivity index (χ1v) is 6.96. The number of rotatable bonds is 2. The van der Waals surface area contributed by atoms with Crippen LogP contribution in [0.3, 0.4) is 0 Å². The number of nitrogens with two attached hydrogens (primary N) is 1. The molecule has 3 N–H and O–H groups in total. The molecule has 1 aliphatic rings. The summed E-state index contributed by atoms with van der Waals surface area (Å²) in [6.45, 7) is 0. The van der Waals surface area contributed by atoms with E-state index in [1.54, 1.807) is 24.3 Å². The Hall–Kier alpha value is -2.00. The molecule has 0 saturated heterocycles. The highest BCUT2D eigenvalue weighted by molar-refractivity contribution is 6.30. The van der Waals surface area contributed by atoms with Gasteiger partial charge in [0.1, 0.15) is 0 Å². The normalized spacial score (nSPS) is 16.8. The Balaban J connectivity index is 1.79. The Bertz CT molecular complexity index is 669. The Morgan fingerprint density at radius 3 is 2.90 bits per heavy atom. The van der Waals surface area contributed by atoms with Crippen LogP contribution >= 0.6 is 11.6 Å².